The van der Waals surface area contributed by atoms with Gasteiger partial charge in [0.1, 0.15) is 0 Å². The van der Waals surface area contributed by atoms with Gasteiger partial charge >= 0.3 is 0 Å². The van der Waals surface area contributed by atoms with Gasteiger partial charge in [0.05, 0.1) is 33.4 Å². The normalized spacial score (nSPS) is 11.6. The van der Waals surface area contributed by atoms with Gasteiger partial charge in [0.2, 0.25) is 0 Å². The molecule has 2 heteroatoms. The number of rotatable bonds is 5. The van der Waals surface area contributed by atoms with Crippen LogP contribution in [0.15, 0.2) is 194 Å². The van der Waals surface area contributed by atoms with Gasteiger partial charge in [0.25, 0.3) is 0 Å². The Hall–Kier alpha value is -6.64. The van der Waals surface area contributed by atoms with E-state index in [9.17, 15) is 0 Å². The van der Waals surface area contributed by atoms with Crippen molar-refractivity contribution in [3.63, 3.8) is 0 Å². The molecule has 2 nitrogen and oxygen atoms in total. The van der Waals surface area contributed by atoms with Crippen LogP contribution in [0.2, 0.25) is 0 Å². The third-order valence-electron chi connectivity index (χ3n) is 10.1. The minimum Gasteiger partial charge on any atom is -0.309 e. The number of benzene rings is 8. The summed E-state index contributed by atoms with van der Waals surface area (Å²) in [5.41, 5.74) is 14.4. The minimum absolute atomic E-state index is 1.18. The number of aromatic nitrogens is 2. The van der Waals surface area contributed by atoms with E-state index < -0.39 is 0 Å². The maximum Gasteiger partial charge on any atom is 0.0547 e. The third kappa shape index (κ3) is 4.43. The van der Waals surface area contributed by atoms with Crippen molar-refractivity contribution >= 4 is 43.6 Å². The molecular formula is C48H32N2. The molecule has 0 saturated heterocycles. The van der Waals surface area contributed by atoms with Crippen LogP contribution in [0.1, 0.15) is 0 Å². The Morgan fingerprint density at radius 1 is 0.240 bits per heavy atom. The Bertz CT molecular complexity index is 2660. The quantitative estimate of drug-likeness (QED) is 0.178. The van der Waals surface area contributed by atoms with E-state index in [1.165, 1.54) is 88.4 Å². The van der Waals surface area contributed by atoms with Crippen molar-refractivity contribution in [1.29, 1.82) is 0 Å². The van der Waals surface area contributed by atoms with Crippen LogP contribution in [-0.2, 0) is 0 Å². The zero-order chi connectivity index (χ0) is 33.0. The third-order valence-corrected chi connectivity index (χ3v) is 10.1. The molecule has 0 amide bonds. The number of hydrogen-bond donors (Lipinski definition) is 0. The summed E-state index contributed by atoms with van der Waals surface area (Å²) in [6, 6.07) is 70.4. The van der Waals surface area contributed by atoms with Gasteiger partial charge in [0.15, 0.2) is 0 Å². The summed E-state index contributed by atoms with van der Waals surface area (Å²) in [5, 5.41) is 5.01. The molecule has 0 aliphatic carbocycles. The van der Waals surface area contributed by atoms with E-state index in [1.807, 2.05) is 0 Å². The van der Waals surface area contributed by atoms with E-state index in [0.717, 1.165) is 0 Å². The maximum atomic E-state index is 2.45. The van der Waals surface area contributed by atoms with E-state index in [-0.39, 0.29) is 0 Å². The molecule has 0 fully saturated rings. The summed E-state index contributed by atoms with van der Waals surface area (Å²) >= 11 is 0. The van der Waals surface area contributed by atoms with Crippen molar-refractivity contribution in [2.45, 2.75) is 0 Å². The molecule has 0 atom stereocenters. The SMILES string of the molecule is c1ccc(-c2ccccc2-n2c3ccccc3c3ccc(-c4ccc5c6ccccc6n(-c6ccccc6-c6ccccc6)c5c4)cc32)cc1. The second-order valence-electron chi connectivity index (χ2n) is 12.9. The van der Waals surface area contributed by atoms with E-state index in [4.69, 9.17) is 0 Å². The van der Waals surface area contributed by atoms with Crippen LogP contribution in [0, 0.1) is 0 Å². The molecule has 2 aromatic heterocycles. The predicted molar refractivity (Wildman–Crippen MR) is 211 cm³/mol. The van der Waals surface area contributed by atoms with Gasteiger partial charge in [-0.15, -0.1) is 0 Å². The lowest BCUT2D eigenvalue weighted by Crippen LogP contribution is -1.97. The second kappa shape index (κ2) is 11.5. The Balaban J connectivity index is 1.22. The first-order chi connectivity index (χ1) is 24.8. The lowest BCUT2D eigenvalue weighted by molar-refractivity contribution is 1.18. The first-order valence-electron chi connectivity index (χ1n) is 17.2. The summed E-state index contributed by atoms with van der Waals surface area (Å²) in [4.78, 5) is 0. The Kier molecular flexibility index (Phi) is 6.53. The maximum absolute atomic E-state index is 2.45. The molecule has 0 radical (unpaired) electrons. The Morgan fingerprint density at radius 2 is 0.600 bits per heavy atom. The fourth-order valence-corrected chi connectivity index (χ4v) is 7.88. The molecule has 234 valence electrons. The van der Waals surface area contributed by atoms with Gasteiger partial charge < -0.3 is 9.13 Å². The largest absolute Gasteiger partial charge is 0.309 e. The molecule has 0 spiro atoms. The van der Waals surface area contributed by atoms with Crippen molar-refractivity contribution < 1.29 is 0 Å². The molecule has 0 saturated carbocycles. The highest BCUT2D eigenvalue weighted by Gasteiger charge is 2.18. The fraction of sp³-hybridized carbons (Fsp3) is 0. The first-order valence-corrected chi connectivity index (χ1v) is 17.2. The van der Waals surface area contributed by atoms with Gasteiger partial charge in [-0.1, -0.05) is 158 Å². The van der Waals surface area contributed by atoms with E-state index in [1.54, 1.807) is 0 Å². The smallest absolute Gasteiger partial charge is 0.0547 e. The summed E-state index contributed by atoms with van der Waals surface area (Å²) in [6.07, 6.45) is 0. The average Bonchev–Trinajstić information content (AvgIpc) is 3.70. The molecule has 0 N–H and O–H groups in total. The molecular weight excluding hydrogens is 605 g/mol. The molecule has 10 rings (SSSR count). The van der Waals surface area contributed by atoms with Crippen LogP contribution in [0.3, 0.4) is 0 Å². The summed E-state index contributed by atoms with van der Waals surface area (Å²) in [6.45, 7) is 0. The van der Waals surface area contributed by atoms with Crippen molar-refractivity contribution in [3.05, 3.63) is 194 Å². The summed E-state index contributed by atoms with van der Waals surface area (Å²) < 4.78 is 4.89. The van der Waals surface area contributed by atoms with Crippen molar-refractivity contribution in [3.8, 4) is 44.8 Å². The highest BCUT2D eigenvalue weighted by molar-refractivity contribution is 6.12. The van der Waals surface area contributed by atoms with E-state index in [0.29, 0.717) is 0 Å². The van der Waals surface area contributed by atoms with Crippen LogP contribution >= 0.6 is 0 Å². The summed E-state index contributed by atoms with van der Waals surface area (Å²) in [5.74, 6) is 0. The highest BCUT2D eigenvalue weighted by Crippen LogP contribution is 2.40. The van der Waals surface area contributed by atoms with Crippen LogP contribution in [0.4, 0.5) is 0 Å². The zero-order valence-electron chi connectivity index (χ0n) is 27.4. The fourth-order valence-electron chi connectivity index (χ4n) is 7.88. The van der Waals surface area contributed by atoms with Gasteiger partial charge in [0, 0.05) is 32.7 Å². The lowest BCUT2D eigenvalue weighted by Gasteiger charge is -2.15. The number of hydrogen-bond acceptors (Lipinski definition) is 0. The monoisotopic (exact) mass is 636 g/mol. The number of para-hydroxylation sites is 4. The lowest BCUT2D eigenvalue weighted by atomic mass is 10.0. The molecule has 10 aromatic rings. The molecule has 0 bridgehead atoms. The highest BCUT2D eigenvalue weighted by atomic mass is 15.0. The van der Waals surface area contributed by atoms with Gasteiger partial charge in [-0.2, -0.15) is 0 Å². The van der Waals surface area contributed by atoms with Gasteiger partial charge in [-0.05, 0) is 58.7 Å². The molecule has 8 aromatic carbocycles. The zero-order valence-corrected chi connectivity index (χ0v) is 27.4. The van der Waals surface area contributed by atoms with Crippen LogP contribution in [0.5, 0.6) is 0 Å². The average molecular weight is 637 g/mol. The Labute approximate surface area is 290 Å². The van der Waals surface area contributed by atoms with Crippen LogP contribution in [0.25, 0.3) is 88.4 Å². The van der Waals surface area contributed by atoms with Crippen molar-refractivity contribution in [2.75, 3.05) is 0 Å². The van der Waals surface area contributed by atoms with Crippen LogP contribution < -0.4 is 0 Å². The topological polar surface area (TPSA) is 9.86 Å². The van der Waals surface area contributed by atoms with Crippen LogP contribution in [-0.4, -0.2) is 9.13 Å². The number of nitrogens with zero attached hydrogens (tertiary/aromatic N) is 2. The molecule has 0 unspecified atom stereocenters. The molecule has 0 aliphatic rings. The van der Waals surface area contributed by atoms with E-state index in [2.05, 4.69) is 203 Å². The Morgan fingerprint density at radius 3 is 1.06 bits per heavy atom. The summed E-state index contributed by atoms with van der Waals surface area (Å²) in [7, 11) is 0. The van der Waals surface area contributed by atoms with Gasteiger partial charge in [-0.3, -0.25) is 0 Å². The molecule has 2 heterocycles. The predicted octanol–water partition coefficient (Wildman–Crippen LogP) is 12.9. The number of fused-ring (bicyclic) bond motifs is 6. The van der Waals surface area contributed by atoms with Crippen molar-refractivity contribution in [1.82, 2.24) is 9.13 Å². The van der Waals surface area contributed by atoms with E-state index >= 15 is 0 Å². The molecule has 50 heavy (non-hydrogen) atoms. The minimum atomic E-state index is 1.18. The standard InChI is InChI=1S/C48H32N2/c1-3-15-33(16-4-1)37-19-7-11-23-43(37)49-45-25-13-9-21-39(45)41-29-27-35(31-47(41)49)36-28-30-42-40-22-10-14-26-46(40)50(48(42)32-36)44-24-12-8-20-38(44)34-17-5-2-6-18-34/h1-32H. The van der Waals surface area contributed by atoms with Gasteiger partial charge in [-0.25, -0.2) is 0 Å². The van der Waals surface area contributed by atoms with Crippen molar-refractivity contribution in [2.24, 2.45) is 0 Å². The first kappa shape index (κ1) is 28.4. The molecule has 0 aliphatic heterocycles. The second-order valence-corrected chi connectivity index (χ2v) is 12.9.